The maximum Gasteiger partial charge on any atom is 0.175 e. The van der Waals surface area contributed by atoms with Crippen molar-refractivity contribution in [2.75, 3.05) is 13.2 Å². The van der Waals surface area contributed by atoms with Gasteiger partial charge in [0.1, 0.15) is 0 Å². The van der Waals surface area contributed by atoms with Crippen molar-refractivity contribution in [1.82, 2.24) is 4.57 Å². The Kier molecular flexibility index (Phi) is 7.01. The van der Waals surface area contributed by atoms with Crippen molar-refractivity contribution in [1.29, 1.82) is 0 Å². The van der Waals surface area contributed by atoms with E-state index in [0.717, 1.165) is 18.4 Å². The molecule has 1 N–H and O–H groups in total. The van der Waals surface area contributed by atoms with Gasteiger partial charge in [-0.25, -0.2) is 0 Å². The van der Waals surface area contributed by atoms with Gasteiger partial charge in [0.05, 0.1) is 12.6 Å². The lowest BCUT2D eigenvalue weighted by Gasteiger charge is -2.17. The molecule has 1 unspecified atom stereocenters. The van der Waals surface area contributed by atoms with Gasteiger partial charge in [-0.15, -0.1) is 0 Å². The van der Waals surface area contributed by atoms with E-state index in [0.29, 0.717) is 19.8 Å². The second-order valence-electron chi connectivity index (χ2n) is 4.29. The highest BCUT2D eigenvalue weighted by molar-refractivity contribution is 5.13. The number of aromatic nitrogens is 1. The summed E-state index contributed by atoms with van der Waals surface area (Å²) in [7, 11) is 0. The Balaban J connectivity index is 2.55. The van der Waals surface area contributed by atoms with E-state index in [-0.39, 0.29) is 12.4 Å². The van der Waals surface area contributed by atoms with Crippen LogP contribution in [-0.2, 0) is 16.0 Å². The first-order chi connectivity index (χ1) is 8.71. The average molecular weight is 255 g/mol. The van der Waals surface area contributed by atoms with E-state index in [1.807, 2.05) is 36.9 Å². The summed E-state index contributed by atoms with van der Waals surface area (Å²) >= 11 is 0. The first-order valence-corrected chi connectivity index (χ1v) is 6.78. The first kappa shape index (κ1) is 15.2. The first-order valence-electron chi connectivity index (χ1n) is 6.78. The van der Waals surface area contributed by atoms with Gasteiger partial charge in [0, 0.05) is 25.6 Å². The Labute approximate surface area is 110 Å². The number of nitrogens with zero attached hydrogens (tertiary/aromatic N) is 1. The third-order valence-electron chi connectivity index (χ3n) is 2.79. The van der Waals surface area contributed by atoms with E-state index in [1.165, 1.54) is 0 Å². The molecule has 104 valence electrons. The Hall–Kier alpha value is -0.840. The second-order valence-corrected chi connectivity index (χ2v) is 4.29. The van der Waals surface area contributed by atoms with E-state index in [9.17, 15) is 5.11 Å². The van der Waals surface area contributed by atoms with Crippen molar-refractivity contribution in [3.63, 3.8) is 0 Å². The highest BCUT2D eigenvalue weighted by atomic mass is 16.7. The summed E-state index contributed by atoms with van der Waals surface area (Å²) < 4.78 is 13.0. The van der Waals surface area contributed by atoms with Crippen LogP contribution in [0, 0.1) is 0 Å². The second kappa shape index (κ2) is 8.29. The van der Waals surface area contributed by atoms with Crippen molar-refractivity contribution in [3.05, 3.63) is 24.0 Å². The monoisotopic (exact) mass is 255 g/mol. The van der Waals surface area contributed by atoms with E-state index < -0.39 is 0 Å². The van der Waals surface area contributed by atoms with Crippen LogP contribution in [0.2, 0.25) is 0 Å². The molecule has 0 radical (unpaired) electrons. The summed E-state index contributed by atoms with van der Waals surface area (Å²) in [6.07, 6.45) is 5.11. The van der Waals surface area contributed by atoms with E-state index in [4.69, 9.17) is 9.47 Å². The molecule has 0 bridgehead atoms. The highest BCUT2D eigenvalue weighted by Crippen LogP contribution is 2.18. The topological polar surface area (TPSA) is 43.6 Å². The number of aliphatic hydroxyl groups excluding tert-OH is 1. The molecule has 1 atom stereocenters. The van der Waals surface area contributed by atoms with Crippen molar-refractivity contribution in [3.8, 4) is 0 Å². The van der Waals surface area contributed by atoms with Gasteiger partial charge in [-0.1, -0.05) is 13.3 Å². The number of rotatable bonds is 9. The molecule has 1 aromatic rings. The third kappa shape index (κ3) is 4.80. The normalized spacial score (nSPS) is 13.2. The Bertz CT molecular complexity index is 319. The van der Waals surface area contributed by atoms with Crippen LogP contribution in [0.15, 0.2) is 18.5 Å². The molecule has 0 saturated heterocycles. The summed E-state index contributed by atoms with van der Waals surface area (Å²) in [6, 6.07) is 1.95. The molecule has 0 aromatic carbocycles. The lowest BCUT2D eigenvalue weighted by molar-refractivity contribution is -0.143. The molecule has 0 amide bonds. The van der Waals surface area contributed by atoms with Crippen LogP contribution in [0.25, 0.3) is 0 Å². The fourth-order valence-electron chi connectivity index (χ4n) is 1.91. The molecular weight excluding hydrogens is 230 g/mol. The average Bonchev–Trinajstić information content (AvgIpc) is 2.78. The molecule has 1 heterocycles. The van der Waals surface area contributed by atoms with Crippen LogP contribution < -0.4 is 0 Å². The van der Waals surface area contributed by atoms with Gasteiger partial charge in [-0.3, -0.25) is 0 Å². The molecule has 0 aliphatic rings. The van der Waals surface area contributed by atoms with Crippen LogP contribution in [-0.4, -0.2) is 29.2 Å². The van der Waals surface area contributed by atoms with Gasteiger partial charge >= 0.3 is 0 Å². The lowest BCUT2D eigenvalue weighted by Crippen LogP contribution is -2.23. The van der Waals surface area contributed by atoms with Crippen LogP contribution in [0.5, 0.6) is 0 Å². The van der Waals surface area contributed by atoms with Crippen LogP contribution in [0.3, 0.4) is 0 Å². The third-order valence-corrected chi connectivity index (χ3v) is 2.79. The summed E-state index contributed by atoms with van der Waals surface area (Å²) in [5.41, 5.74) is 0.962. The lowest BCUT2D eigenvalue weighted by atomic mass is 10.1. The van der Waals surface area contributed by atoms with Crippen LogP contribution in [0.1, 0.15) is 45.3 Å². The minimum atomic E-state index is -0.367. The van der Waals surface area contributed by atoms with Crippen molar-refractivity contribution in [2.24, 2.45) is 0 Å². The zero-order valence-corrected chi connectivity index (χ0v) is 11.6. The number of hydrogen-bond acceptors (Lipinski definition) is 3. The Morgan fingerprint density at radius 2 is 1.89 bits per heavy atom. The molecule has 0 saturated carbocycles. The largest absolute Gasteiger partial charge is 0.388 e. The van der Waals surface area contributed by atoms with E-state index in [1.54, 1.807) is 0 Å². The Morgan fingerprint density at radius 3 is 2.44 bits per heavy atom. The molecule has 1 rings (SSSR count). The standard InChI is InChI=1S/C14H25NO3/c1-4-7-13(16)12-8-9-15(10-12)11-14(17-5-2)18-6-3/h8-10,13-14,16H,4-7,11H2,1-3H3. The van der Waals surface area contributed by atoms with Crippen molar-refractivity contribution in [2.45, 2.75) is 52.6 Å². The Morgan fingerprint density at radius 1 is 1.22 bits per heavy atom. The van der Waals surface area contributed by atoms with Crippen molar-refractivity contribution >= 4 is 0 Å². The summed E-state index contributed by atoms with van der Waals surface area (Å²) in [6.45, 7) is 7.91. The number of hydrogen-bond donors (Lipinski definition) is 1. The summed E-state index contributed by atoms with van der Waals surface area (Å²) in [4.78, 5) is 0. The molecule has 0 aliphatic heterocycles. The van der Waals surface area contributed by atoms with Crippen LogP contribution >= 0.6 is 0 Å². The maximum absolute atomic E-state index is 9.90. The van der Waals surface area contributed by atoms with E-state index in [2.05, 4.69) is 6.92 Å². The quantitative estimate of drug-likeness (QED) is 0.690. The molecule has 18 heavy (non-hydrogen) atoms. The maximum atomic E-state index is 9.90. The van der Waals surface area contributed by atoms with Gasteiger partial charge in [0.2, 0.25) is 0 Å². The van der Waals surface area contributed by atoms with E-state index >= 15 is 0 Å². The number of ether oxygens (including phenoxy) is 2. The molecule has 0 aliphatic carbocycles. The van der Waals surface area contributed by atoms with Gasteiger partial charge in [-0.2, -0.15) is 0 Å². The number of aliphatic hydroxyl groups is 1. The molecule has 0 spiro atoms. The molecular formula is C14H25NO3. The minimum Gasteiger partial charge on any atom is -0.388 e. The zero-order chi connectivity index (χ0) is 13.4. The zero-order valence-electron chi connectivity index (χ0n) is 11.6. The molecule has 4 heteroatoms. The SMILES string of the molecule is CCCC(O)c1ccn(CC(OCC)OCC)c1. The fourth-order valence-corrected chi connectivity index (χ4v) is 1.91. The molecule has 4 nitrogen and oxygen atoms in total. The molecule has 1 aromatic heterocycles. The van der Waals surface area contributed by atoms with Crippen LogP contribution in [0.4, 0.5) is 0 Å². The summed E-state index contributed by atoms with van der Waals surface area (Å²) in [5, 5.41) is 9.90. The van der Waals surface area contributed by atoms with Gasteiger partial charge < -0.3 is 19.1 Å². The summed E-state index contributed by atoms with van der Waals surface area (Å²) in [5.74, 6) is 0. The van der Waals surface area contributed by atoms with Gasteiger partial charge in [-0.05, 0) is 31.9 Å². The smallest absolute Gasteiger partial charge is 0.175 e. The fraction of sp³-hybridized carbons (Fsp3) is 0.714. The van der Waals surface area contributed by atoms with Gasteiger partial charge in [0.25, 0.3) is 0 Å². The molecule has 0 fully saturated rings. The highest BCUT2D eigenvalue weighted by Gasteiger charge is 2.11. The minimum absolute atomic E-state index is 0.219. The van der Waals surface area contributed by atoms with Crippen molar-refractivity contribution < 1.29 is 14.6 Å². The predicted octanol–water partition coefficient (Wildman–Crippen LogP) is 2.72. The van der Waals surface area contributed by atoms with Gasteiger partial charge in [0.15, 0.2) is 6.29 Å². The predicted molar refractivity (Wildman–Crippen MR) is 71.3 cm³/mol.